The van der Waals surface area contributed by atoms with Crippen molar-refractivity contribution in [3.8, 4) is 11.4 Å². The second-order valence-electron chi connectivity index (χ2n) is 5.21. The molecule has 25 heavy (non-hydrogen) atoms. The molecule has 0 atom stereocenters. The second kappa shape index (κ2) is 7.13. The summed E-state index contributed by atoms with van der Waals surface area (Å²) in [6.07, 6.45) is 0. The molecule has 0 saturated heterocycles. The van der Waals surface area contributed by atoms with Gasteiger partial charge in [-0.1, -0.05) is 34.4 Å². The van der Waals surface area contributed by atoms with Crippen LogP contribution in [0, 0.1) is 6.92 Å². The van der Waals surface area contributed by atoms with Crippen molar-refractivity contribution in [2.24, 2.45) is 0 Å². The highest BCUT2D eigenvalue weighted by molar-refractivity contribution is 7.89. The van der Waals surface area contributed by atoms with Gasteiger partial charge in [-0.2, -0.15) is 4.98 Å². The summed E-state index contributed by atoms with van der Waals surface area (Å²) in [6.45, 7) is 1.51. The van der Waals surface area contributed by atoms with E-state index in [0.29, 0.717) is 27.0 Å². The Labute approximate surface area is 154 Å². The van der Waals surface area contributed by atoms with E-state index in [2.05, 4.69) is 14.9 Å². The second-order valence-corrected chi connectivity index (χ2v) is 7.79. The van der Waals surface area contributed by atoms with Gasteiger partial charge in [-0.3, -0.25) is 0 Å². The highest BCUT2D eigenvalue weighted by atomic mass is 35.5. The summed E-state index contributed by atoms with van der Waals surface area (Å²) < 4.78 is 32.4. The first-order chi connectivity index (χ1) is 11.9. The van der Waals surface area contributed by atoms with Gasteiger partial charge < -0.3 is 4.52 Å². The fourth-order valence-electron chi connectivity index (χ4n) is 2.16. The zero-order chi connectivity index (χ0) is 18.0. The van der Waals surface area contributed by atoms with E-state index in [0.717, 1.165) is 0 Å². The Kier molecular flexibility index (Phi) is 5.10. The highest BCUT2D eigenvalue weighted by Gasteiger charge is 2.19. The molecule has 2 aromatic carbocycles. The number of nitrogens with one attached hydrogen (secondary N) is 1. The van der Waals surface area contributed by atoms with Gasteiger partial charge in [-0.05, 0) is 48.9 Å². The molecule has 0 unspecified atom stereocenters. The molecule has 3 rings (SSSR count). The monoisotopic (exact) mass is 397 g/mol. The lowest BCUT2D eigenvalue weighted by molar-refractivity contribution is 0.376. The van der Waals surface area contributed by atoms with Gasteiger partial charge in [0.15, 0.2) is 0 Å². The van der Waals surface area contributed by atoms with Gasteiger partial charge in [0.05, 0.1) is 11.4 Å². The van der Waals surface area contributed by atoms with Crippen molar-refractivity contribution in [3.63, 3.8) is 0 Å². The fraction of sp³-hybridized carbons (Fsp3) is 0.125. The SMILES string of the molecule is Cc1c(Cl)cccc1S(=O)(=O)NCc1nc(-c2ccc(Cl)cc2)no1. The van der Waals surface area contributed by atoms with Gasteiger partial charge in [-0.25, -0.2) is 13.1 Å². The molecule has 0 radical (unpaired) electrons. The van der Waals surface area contributed by atoms with Gasteiger partial charge in [0, 0.05) is 15.6 Å². The van der Waals surface area contributed by atoms with Crippen molar-refractivity contribution >= 4 is 33.2 Å². The standard InChI is InChI=1S/C16H13Cl2N3O3S/c1-10-13(18)3-2-4-14(10)25(22,23)19-9-15-20-16(21-24-15)11-5-7-12(17)8-6-11/h2-8,19H,9H2,1H3. The topological polar surface area (TPSA) is 85.1 Å². The zero-order valence-electron chi connectivity index (χ0n) is 13.0. The van der Waals surface area contributed by atoms with Crippen LogP contribution < -0.4 is 4.72 Å². The predicted octanol–water partition coefficient (Wildman–Crippen LogP) is 3.83. The molecule has 0 aliphatic rings. The molecule has 0 spiro atoms. The van der Waals surface area contributed by atoms with Gasteiger partial charge in [0.2, 0.25) is 21.7 Å². The first-order valence-electron chi connectivity index (χ1n) is 7.20. The van der Waals surface area contributed by atoms with E-state index in [-0.39, 0.29) is 17.3 Å². The number of hydrogen-bond donors (Lipinski definition) is 1. The van der Waals surface area contributed by atoms with Crippen LogP contribution in [-0.2, 0) is 16.6 Å². The average Bonchev–Trinajstić information content (AvgIpc) is 3.05. The Morgan fingerprint density at radius 2 is 1.84 bits per heavy atom. The third kappa shape index (κ3) is 4.01. The van der Waals surface area contributed by atoms with Gasteiger partial charge >= 0.3 is 0 Å². The molecule has 0 aliphatic heterocycles. The Morgan fingerprint density at radius 3 is 2.56 bits per heavy atom. The van der Waals surface area contributed by atoms with Gasteiger partial charge in [-0.15, -0.1) is 0 Å². The van der Waals surface area contributed by atoms with E-state index >= 15 is 0 Å². The fourth-order valence-corrected chi connectivity index (χ4v) is 3.75. The number of halogens is 2. The molecular formula is C16H13Cl2N3O3S. The number of benzene rings is 2. The van der Waals surface area contributed by atoms with Crippen LogP contribution in [0.25, 0.3) is 11.4 Å². The lowest BCUT2D eigenvalue weighted by atomic mass is 10.2. The maximum absolute atomic E-state index is 12.4. The summed E-state index contributed by atoms with van der Waals surface area (Å²) in [5, 5.41) is 4.81. The van der Waals surface area contributed by atoms with Crippen LogP contribution in [0.2, 0.25) is 10.0 Å². The highest BCUT2D eigenvalue weighted by Crippen LogP contribution is 2.23. The maximum Gasteiger partial charge on any atom is 0.242 e. The molecule has 0 saturated carbocycles. The van der Waals surface area contributed by atoms with Crippen LogP contribution in [0.4, 0.5) is 0 Å². The largest absolute Gasteiger partial charge is 0.338 e. The van der Waals surface area contributed by atoms with Crippen molar-refractivity contribution in [3.05, 3.63) is 64.0 Å². The van der Waals surface area contributed by atoms with Crippen LogP contribution >= 0.6 is 23.2 Å². The molecule has 1 heterocycles. The number of aromatic nitrogens is 2. The average molecular weight is 398 g/mol. The molecule has 3 aromatic rings. The van der Waals surface area contributed by atoms with E-state index < -0.39 is 10.0 Å². The Hall–Kier alpha value is -1.93. The lowest BCUT2D eigenvalue weighted by Crippen LogP contribution is -2.24. The van der Waals surface area contributed by atoms with Crippen LogP contribution in [0.1, 0.15) is 11.5 Å². The maximum atomic E-state index is 12.4. The van der Waals surface area contributed by atoms with Gasteiger partial charge in [0.25, 0.3) is 0 Å². The zero-order valence-corrected chi connectivity index (χ0v) is 15.4. The molecule has 0 amide bonds. The minimum Gasteiger partial charge on any atom is -0.338 e. The molecule has 6 nitrogen and oxygen atoms in total. The van der Waals surface area contributed by atoms with E-state index in [9.17, 15) is 8.42 Å². The summed E-state index contributed by atoms with van der Waals surface area (Å²) in [4.78, 5) is 4.28. The number of nitrogens with zero attached hydrogens (tertiary/aromatic N) is 2. The lowest BCUT2D eigenvalue weighted by Gasteiger charge is -2.08. The third-order valence-electron chi connectivity index (χ3n) is 3.49. The van der Waals surface area contributed by atoms with E-state index in [1.165, 1.54) is 6.07 Å². The third-order valence-corrected chi connectivity index (χ3v) is 5.70. The first kappa shape index (κ1) is 17.9. The Morgan fingerprint density at radius 1 is 1.12 bits per heavy atom. The van der Waals surface area contributed by atoms with Crippen LogP contribution in [0.5, 0.6) is 0 Å². The van der Waals surface area contributed by atoms with Crippen molar-refractivity contribution in [2.45, 2.75) is 18.4 Å². The Balaban J connectivity index is 1.75. The van der Waals surface area contributed by atoms with E-state index in [1.54, 1.807) is 43.3 Å². The molecule has 1 aromatic heterocycles. The summed E-state index contributed by atoms with van der Waals surface area (Å²) in [7, 11) is -3.75. The normalized spacial score (nSPS) is 11.6. The van der Waals surface area contributed by atoms with Crippen LogP contribution in [0.15, 0.2) is 51.9 Å². The molecule has 1 N–H and O–H groups in total. The number of rotatable bonds is 5. The summed E-state index contributed by atoms with van der Waals surface area (Å²) in [5.41, 5.74) is 1.19. The molecule has 130 valence electrons. The van der Waals surface area contributed by atoms with E-state index in [4.69, 9.17) is 27.7 Å². The molecule has 0 fully saturated rings. The summed E-state index contributed by atoms with van der Waals surface area (Å²) >= 11 is 11.8. The van der Waals surface area contributed by atoms with Crippen LogP contribution in [-0.4, -0.2) is 18.6 Å². The quantitative estimate of drug-likeness (QED) is 0.706. The van der Waals surface area contributed by atoms with E-state index in [1.807, 2.05) is 0 Å². The van der Waals surface area contributed by atoms with Crippen molar-refractivity contribution < 1.29 is 12.9 Å². The molecule has 0 bridgehead atoms. The number of hydrogen-bond acceptors (Lipinski definition) is 5. The van der Waals surface area contributed by atoms with Gasteiger partial charge in [0.1, 0.15) is 0 Å². The molecular weight excluding hydrogens is 385 g/mol. The van der Waals surface area contributed by atoms with Crippen molar-refractivity contribution in [1.29, 1.82) is 0 Å². The summed E-state index contributed by atoms with van der Waals surface area (Å²) in [6, 6.07) is 11.6. The minimum absolute atomic E-state index is 0.109. The number of sulfonamides is 1. The van der Waals surface area contributed by atoms with Crippen molar-refractivity contribution in [2.75, 3.05) is 0 Å². The molecule has 9 heteroatoms. The summed E-state index contributed by atoms with van der Waals surface area (Å²) in [5.74, 6) is 0.498. The van der Waals surface area contributed by atoms with Crippen molar-refractivity contribution in [1.82, 2.24) is 14.9 Å². The van der Waals surface area contributed by atoms with Crippen LogP contribution in [0.3, 0.4) is 0 Å². The smallest absolute Gasteiger partial charge is 0.242 e. The minimum atomic E-state index is -3.75. The Bertz CT molecular complexity index is 1000. The first-order valence-corrected chi connectivity index (χ1v) is 9.44. The predicted molar refractivity (Wildman–Crippen MR) is 95.0 cm³/mol. The molecule has 0 aliphatic carbocycles.